The molecule has 1 heterocycles. The van der Waals surface area contributed by atoms with Crippen LogP contribution in [0.15, 0.2) is 47.7 Å². The molecule has 0 aliphatic rings. The van der Waals surface area contributed by atoms with Crippen molar-refractivity contribution < 1.29 is 17.9 Å². The summed E-state index contributed by atoms with van der Waals surface area (Å²) >= 11 is 0. The Hall–Kier alpha value is -1.98. The van der Waals surface area contributed by atoms with Gasteiger partial charge in [-0.15, -0.1) is 24.0 Å². The molecular formula is C19H27F3IN5O. The van der Waals surface area contributed by atoms with E-state index in [4.69, 9.17) is 4.74 Å². The van der Waals surface area contributed by atoms with Crippen LogP contribution in [0.2, 0.25) is 0 Å². The van der Waals surface area contributed by atoms with E-state index in [-0.39, 0.29) is 29.7 Å². The predicted octanol–water partition coefficient (Wildman–Crippen LogP) is 3.83. The Morgan fingerprint density at radius 1 is 1.24 bits per heavy atom. The number of alkyl halides is 3. The molecule has 0 aliphatic carbocycles. The molecule has 1 atom stereocenters. The normalized spacial score (nSPS) is 12.8. The fourth-order valence-electron chi connectivity index (χ4n) is 2.43. The zero-order valence-electron chi connectivity index (χ0n) is 16.4. The van der Waals surface area contributed by atoms with Gasteiger partial charge in [-0.3, -0.25) is 4.68 Å². The number of hydrogen-bond acceptors (Lipinski definition) is 3. The first kappa shape index (κ1) is 25.1. The molecule has 2 N–H and O–H groups in total. The first-order valence-corrected chi connectivity index (χ1v) is 9.14. The maximum atomic E-state index is 12.2. The van der Waals surface area contributed by atoms with Crippen LogP contribution >= 0.6 is 24.0 Å². The molecule has 0 spiro atoms. The summed E-state index contributed by atoms with van der Waals surface area (Å²) in [7, 11) is 0. The van der Waals surface area contributed by atoms with Crippen molar-refractivity contribution in [3.63, 3.8) is 0 Å². The highest BCUT2D eigenvalue weighted by Gasteiger charge is 2.28. The third-order valence-electron chi connectivity index (χ3n) is 3.77. The summed E-state index contributed by atoms with van der Waals surface area (Å²) in [6.45, 7) is 5.48. The minimum atomic E-state index is -4.34. The maximum absolute atomic E-state index is 12.2. The molecule has 1 aromatic heterocycles. The van der Waals surface area contributed by atoms with E-state index in [0.29, 0.717) is 18.4 Å². The van der Waals surface area contributed by atoms with Crippen molar-refractivity contribution in [2.24, 2.45) is 10.9 Å². The van der Waals surface area contributed by atoms with Gasteiger partial charge in [0.25, 0.3) is 0 Å². The molecule has 2 rings (SSSR count). The number of benzene rings is 1. The largest absolute Gasteiger partial charge is 0.484 e. The Morgan fingerprint density at radius 3 is 2.55 bits per heavy atom. The van der Waals surface area contributed by atoms with Gasteiger partial charge in [0.15, 0.2) is 12.6 Å². The minimum Gasteiger partial charge on any atom is -0.484 e. The first-order chi connectivity index (χ1) is 13.4. The fourth-order valence-corrected chi connectivity index (χ4v) is 2.43. The number of nitrogens with zero attached hydrogens (tertiary/aromatic N) is 3. The van der Waals surface area contributed by atoms with Gasteiger partial charge in [0.1, 0.15) is 5.75 Å². The van der Waals surface area contributed by atoms with Gasteiger partial charge in [-0.1, -0.05) is 19.1 Å². The molecule has 29 heavy (non-hydrogen) atoms. The van der Waals surface area contributed by atoms with Crippen LogP contribution in [0.25, 0.3) is 0 Å². The highest BCUT2D eigenvalue weighted by atomic mass is 127. The van der Waals surface area contributed by atoms with E-state index in [9.17, 15) is 13.2 Å². The van der Waals surface area contributed by atoms with Crippen LogP contribution in [-0.2, 0) is 13.1 Å². The van der Waals surface area contributed by atoms with Crippen LogP contribution in [0, 0.1) is 5.92 Å². The molecule has 0 fully saturated rings. The van der Waals surface area contributed by atoms with Gasteiger partial charge >= 0.3 is 6.18 Å². The minimum absolute atomic E-state index is 0. The molecule has 0 aliphatic heterocycles. The molecule has 0 saturated carbocycles. The summed E-state index contributed by atoms with van der Waals surface area (Å²) in [4.78, 5) is 4.52. The monoisotopic (exact) mass is 525 g/mol. The summed E-state index contributed by atoms with van der Waals surface area (Å²) in [6.07, 6.45) is -0.660. The fraction of sp³-hybridized carbons (Fsp3) is 0.474. The highest BCUT2D eigenvalue weighted by Crippen LogP contribution is 2.19. The number of hydrogen-bond donors (Lipinski definition) is 2. The van der Waals surface area contributed by atoms with Crippen LogP contribution in [0.5, 0.6) is 5.75 Å². The van der Waals surface area contributed by atoms with Gasteiger partial charge in [0.05, 0.1) is 6.54 Å². The van der Waals surface area contributed by atoms with Crippen molar-refractivity contribution in [2.75, 3.05) is 19.7 Å². The number of guanidine groups is 1. The highest BCUT2D eigenvalue weighted by molar-refractivity contribution is 14.0. The molecule has 0 amide bonds. The summed E-state index contributed by atoms with van der Waals surface area (Å²) in [5, 5.41) is 10.7. The zero-order valence-corrected chi connectivity index (χ0v) is 18.8. The second-order valence-corrected chi connectivity index (χ2v) is 6.46. The molecule has 0 radical (unpaired) electrons. The number of rotatable bonds is 9. The van der Waals surface area contributed by atoms with Crippen molar-refractivity contribution in [1.82, 2.24) is 20.4 Å². The molecule has 1 aromatic carbocycles. The average Bonchev–Trinajstić information content (AvgIpc) is 3.15. The van der Waals surface area contributed by atoms with Crippen molar-refractivity contribution in [3.8, 4) is 5.75 Å². The molecule has 162 valence electrons. The number of nitrogens with one attached hydrogen (secondary N) is 2. The van der Waals surface area contributed by atoms with Crippen LogP contribution in [0.1, 0.15) is 19.4 Å². The second kappa shape index (κ2) is 12.6. The quantitative estimate of drug-likeness (QED) is 0.297. The second-order valence-electron chi connectivity index (χ2n) is 6.46. The van der Waals surface area contributed by atoms with Gasteiger partial charge < -0.3 is 15.4 Å². The topological polar surface area (TPSA) is 63.5 Å². The molecule has 0 saturated heterocycles. The Kier molecular flexibility index (Phi) is 10.8. The Labute approximate surface area is 185 Å². The number of aromatic nitrogens is 2. The SMILES string of the molecule is CCNC(=NCc1ccc(OCC(F)(F)F)cc1)NCC(C)Cn1cccn1.I. The Morgan fingerprint density at radius 2 is 1.97 bits per heavy atom. The number of halogens is 4. The third kappa shape index (κ3) is 10.4. The zero-order chi connectivity index (χ0) is 20.4. The molecule has 0 bridgehead atoms. The predicted molar refractivity (Wildman–Crippen MR) is 118 cm³/mol. The smallest absolute Gasteiger partial charge is 0.422 e. The van der Waals surface area contributed by atoms with Crippen molar-refractivity contribution in [2.45, 2.75) is 33.1 Å². The number of ether oxygens (including phenoxy) is 1. The van der Waals surface area contributed by atoms with Crippen molar-refractivity contribution in [1.29, 1.82) is 0 Å². The summed E-state index contributed by atoms with van der Waals surface area (Å²) in [6, 6.07) is 8.34. The third-order valence-corrected chi connectivity index (χ3v) is 3.77. The van der Waals surface area contributed by atoms with Gasteiger partial charge in [-0.2, -0.15) is 18.3 Å². The molecule has 2 aromatic rings. The van der Waals surface area contributed by atoms with Crippen LogP contribution < -0.4 is 15.4 Å². The lowest BCUT2D eigenvalue weighted by Gasteiger charge is -2.16. The van der Waals surface area contributed by atoms with Gasteiger partial charge in [0, 0.05) is 32.0 Å². The van der Waals surface area contributed by atoms with E-state index in [1.165, 1.54) is 12.1 Å². The van der Waals surface area contributed by atoms with E-state index < -0.39 is 12.8 Å². The van der Waals surface area contributed by atoms with E-state index >= 15 is 0 Å². The molecule has 10 heteroatoms. The lowest BCUT2D eigenvalue weighted by atomic mass is 10.2. The van der Waals surface area contributed by atoms with Crippen LogP contribution in [0.3, 0.4) is 0 Å². The molecule has 6 nitrogen and oxygen atoms in total. The van der Waals surface area contributed by atoms with E-state index in [1.807, 2.05) is 23.9 Å². The first-order valence-electron chi connectivity index (χ1n) is 9.14. The summed E-state index contributed by atoms with van der Waals surface area (Å²) in [5.41, 5.74) is 0.876. The summed E-state index contributed by atoms with van der Waals surface area (Å²) in [5.74, 6) is 1.23. The van der Waals surface area contributed by atoms with E-state index in [2.05, 4.69) is 27.6 Å². The van der Waals surface area contributed by atoms with Crippen LogP contribution in [-0.4, -0.2) is 41.6 Å². The average molecular weight is 525 g/mol. The lowest BCUT2D eigenvalue weighted by molar-refractivity contribution is -0.153. The lowest BCUT2D eigenvalue weighted by Crippen LogP contribution is -2.40. The van der Waals surface area contributed by atoms with Crippen LogP contribution in [0.4, 0.5) is 13.2 Å². The Bertz CT molecular complexity index is 720. The molecular weight excluding hydrogens is 498 g/mol. The van der Waals surface area contributed by atoms with Gasteiger partial charge in [0.2, 0.25) is 0 Å². The van der Waals surface area contributed by atoms with Gasteiger partial charge in [-0.05, 0) is 36.6 Å². The number of aliphatic imine (C=N–C) groups is 1. The Balaban J connectivity index is 0.00000420. The van der Waals surface area contributed by atoms with Crippen molar-refractivity contribution >= 4 is 29.9 Å². The van der Waals surface area contributed by atoms with Gasteiger partial charge in [-0.25, -0.2) is 4.99 Å². The van der Waals surface area contributed by atoms with E-state index in [1.54, 1.807) is 18.3 Å². The maximum Gasteiger partial charge on any atom is 0.422 e. The van der Waals surface area contributed by atoms with E-state index in [0.717, 1.165) is 25.2 Å². The summed E-state index contributed by atoms with van der Waals surface area (Å²) < 4.78 is 43.1. The molecule has 1 unspecified atom stereocenters. The standard InChI is InChI=1S/C19H26F3N5O.HI/c1-3-23-18(24-11-15(2)13-27-10-4-9-26-27)25-12-16-5-7-17(8-6-16)28-14-19(20,21)22;/h4-10,15H,3,11-14H2,1-2H3,(H2,23,24,25);1H. The van der Waals surface area contributed by atoms with Crippen molar-refractivity contribution in [3.05, 3.63) is 48.3 Å².